The highest BCUT2D eigenvalue weighted by molar-refractivity contribution is 5.02. The summed E-state index contributed by atoms with van der Waals surface area (Å²) >= 11 is 0. The maximum atomic E-state index is 5.33. The molecule has 0 amide bonds. The summed E-state index contributed by atoms with van der Waals surface area (Å²) < 4.78 is 0. The molecule has 0 N–H and O–H groups in total. The minimum absolute atomic E-state index is 0.154. The van der Waals surface area contributed by atoms with Gasteiger partial charge in [0.25, 0.3) is 0 Å². The fraction of sp³-hybridized carbons (Fsp3) is 0.778. The summed E-state index contributed by atoms with van der Waals surface area (Å²) in [5.41, 5.74) is 0.154. The van der Waals surface area contributed by atoms with Crippen LogP contribution in [-0.2, 0) is 0 Å². The van der Waals surface area contributed by atoms with Crippen LogP contribution < -0.4 is 0 Å². The van der Waals surface area contributed by atoms with Crippen molar-refractivity contribution in [2.75, 3.05) is 0 Å². The molecular formula is C9H14. The van der Waals surface area contributed by atoms with Crippen molar-refractivity contribution in [2.45, 2.75) is 33.1 Å². The number of hydrogen-bond acceptors (Lipinski definition) is 0. The van der Waals surface area contributed by atoms with Crippen LogP contribution in [0.25, 0.3) is 0 Å². The minimum Gasteiger partial charge on any atom is -0.120 e. The van der Waals surface area contributed by atoms with Gasteiger partial charge >= 0.3 is 0 Å². The zero-order valence-electron chi connectivity index (χ0n) is 6.28. The maximum absolute atomic E-state index is 5.33. The van der Waals surface area contributed by atoms with E-state index in [1.807, 2.05) is 0 Å². The fourth-order valence-electron chi connectivity index (χ4n) is 1.10. The molecule has 0 aromatic heterocycles. The van der Waals surface area contributed by atoms with Crippen LogP contribution in [0.5, 0.6) is 0 Å². The van der Waals surface area contributed by atoms with Gasteiger partial charge in [0.05, 0.1) is 0 Å². The fourth-order valence-corrected chi connectivity index (χ4v) is 1.10. The van der Waals surface area contributed by atoms with Crippen molar-refractivity contribution in [3.63, 3.8) is 0 Å². The van der Waals surface area contributed by atoms with Gasteiger partial charge in [0, 0.05) is 5.41 Å². The Kier molecular flexibility index (Phi) is 1.53. The molecule has 0 radical (unpaired) electrons. The standard InChI is InChI=1S/C9H14/c1-4-9(2,3)7-8-5-6-8/h1,8H,5-7H2,2-3H3. The van der Waals surface area contributed by atoms with Crippen LogP contribution in [0.1, 0.15) is 33.1 Å². The third-order valence-electron chi connectivity index (χ3n) is 1.89. The van der Waals surface area contributed by atoms with Gasteiger partial charge in [-0.3, -0.25) is 0 Å². The Morgan fingerprint density at radius 1 is 1.56 bits per heavy atom. The SMILES string of the molecule is C#CC(C)(C)CC1CC1. The molecule has 1 saturated carbocycles. The highest BCUT2D eigenvalue weighted by atomic mass is 14.3. The molecule has 0 bridgehead atoms. The third kappa shape index (κ3) is 2.10. The molecule has 1 aliphatic carbocycles. The molecular weight excluding hydrogens is 108 g/mol. The molecule has 1 rings (SSSR count). The largest absolute Gasteiger partial charge is 0.120 e. The van der Waals surface area contributed by atoms with Crippen LogP contribution in [0, 0.1) is 23.7 Å². The summed E-state index contributed by atoms with van der Waals surface area (Å²) in [6.07, 6.45) is 9.37. The van der Waals surface area contributed by atoms with E-state index in [9.17, 15) is 0 Å². The lowest BCUT2D eigenvalue weighted by Crippen LogP contribution is -2.07. The molecule has 0 aromatic carbocycles. The van der Waals surface area contributed by atoms with Gasteiger partial charge < -0.3 is 0 Å². The van der Waals surface area contributed by atoms with Gasteiger partial charge in [-0.15, -0.1) is 12.3 Å². The Morgan fingerprint density at radius 3 is 2.44 bits per heavy atom. The Hall–Kier alpha value is -0.440. The van der Waals surface area contributed by atoms with E-state index in [1.54, 1.807) is 0 Å². The second-order valence-corrected chi connectivity index (χ2v) is 3.68. The lowest BCUT2D eigenvalue weighted by atomic mass is 9.88. The molecule has 9 heavy (non-hydrogen) atoms. The van der Waals surface area contributed by atoms with E-state index in [-0.39, 0.29) is 5.41 Å². The van der Waals surface area contributed by atoms with E-state index in [0.717, 1.165) is 5.92 Å². The number of terminal acetylenes is 1. The topological polar surface area (TPSA) is 0 Å². The van der Waals surface area contributed by atoms with E-state index < -0.39 is 0 Å². The highest BCUT2D eigenvalue weighted by Gasteiger charge is 2.28. The summed E-state index contributed by atoms with van der Waals surface area (Å²) in [5.74, 6) is 3.77. The molecule has 1 aliphatic rings. The van der Waals surface area contributed by atoms with E-state index in [2.05, 4.69) is 19.8 Å². The van der Waals surface area contributed by atoms with Crippen LogP contribution in [0.4, 0.5) is 0 Å². The van der Waals surface area contributed by atoms with Gasteiger partial charge in [0.1, 0.15) is 0 Å². The first-order valence-electron chi connectivity index (χ1n) is 3.62. The van der Waals surface area contributed by atoms with Gasteiger partial charge in [-0.25, -0.2) is 0 Å². The van der Waals surface area contributed by atoms with Crippen LogP contribution in [0.3, 0.4) is 0 Å². The second-order valence-electron chi connectivity index (χ2n) is 3.68. The van der Waals surface area contributed by atoms with E-state index in [0.29, 0.717) is 0 Å². The maximum Gasteiger partial charge on any atom is 0.0258 e. The van der Waals surface area contributed by atoms with Crippen LogP contribution >= 0.6 is 0 Å². The molecule has 0 spiro atoms. The van der Waals surface area contributed by atoms with Crippen molar-refractivity contribution in [2.24, 2.45) is 11.3 Å². The van der Waals surface area contributed by atoms with Crippen molar-refractivity contribution in [1.29, 1.82) is 0 Å². The smallest absolute Gasteiger partial charge is 0.0258 e. The normalized spacial score (nSPS) is 19.2. The molecule has 50 valence electrons. The van der Waals surface area contributed by atoms with E-state index in [4.69, 9.17) is 6.42 Å². The monoisotopic (exact) mass is 122 g/mol. The van der Waals surface area contributed by atoms with Crippen LogP contribution in [0.2, 0.25) is 0 Å². The highest BCUT2D eigenvalue weighted by Crippen LogP contribution is 2.39. The van der Waals surface area contributed by atoms with Crippen molar-refractivity contribution in [1.82, 2.24) is 0 Å². The van der Waals surface area contributed by atoms with Crippen LogP contribution in [-0.4, -0.2) is 0 Å². The quantitative estimate of drug-likeness (QED) is 0.493. The Labute approximate surface area is 57.7 Å². The van der Waals surface area contributed by atoms with E-state index >= 15 is 0 Å². The molecule has 0 unspecified atom stereocenters. The van der Waals surface area contributed by atoms with Gasteiger partial charge in [-0.2, -0.15) is 0 Å². The lowest BCUT2D eigenvalue weighted by molar-refractivity contribution is 0.428. The first kappa shape index (κ1) is 6.68. The lowest BCUT2D eigenvalue weighted by Gasteiger charge is -2.15. The Balaban J connectivity index is 2.32. The Bertz CT molecular complexity index is 133. The molecule has 0 saturated heterocycles. The summed E-state index contributed by atoms with van der Waals surface area (Å²) in [4.78, 5) is 0. The predicted octanol–water partition coefficient (Wildman–Crippen LogP) is 2.45. The van der Waals surface area contributed by atoms with Crippen molar-refractivity contribution >= 4 is 0 Å². The number of rotatable bonds is 2. The van der Waals surface area contributed by atoms with Gasteiger partial charge in [0.15, 0.2) is 0 Å². The molecule has 0 atom stereocenters. The second kappa shape index (κ2) is 2.06. The molecule has 0 aromatic rings. The predicted molar refractivity (Wildman–Crippen MR) is 40.0 cm³/mol. The number of hydrogen-bond donors (Lipinski definition) is 0. The summed E-state index contributed by atoms with van der Waals surface area (Å²) in [6.45, 7) is 4.29. The van der Waals surface area contributed by atoms with Gasteiger partial charge in [0.2, 0.25) is 0 Å². The molecule has 0 heterocycles. The first-order chi connectivity index (χ1) is 4.14. The van der Waals surface area contributed by atoms with Crippen LogP contribution in [0.15, 0.2) is 0 Å². The summed E-state index contributed by atoms with van der Waals surface area (Å²) in [5, 5.41) is 0. The zero-order chi connectivity index (χ0) is 6.91. The first-order valence-corrected chi connectivity index (χ1v) is 3.62. The zero-order valence-corrected chi connectivity index (χ0v) is 6.28. The molecule has 0 aliphatic heterocycles. The third-order valence-corrected chi connectivity index (χ3v) is 1.89. The summed E-state index contributed by atoms with van der Waals surface area (Å²) in [6, 6.07) is 0. The summed E-state index contributed by atoms with van der Waals surface area (Å²) in [7, 11) is 0. The van der Waals surface area contributed by atoms with Crippen molar-refractivity contribution in [3.05, 3.63) is 0 Å². The molecule has 0 nitrogen and oxygen atoms in total. The van der Waals surface area contributed by atoms with Crippen molar-refractivity contribution in [3.8, 4) is 12.3 Å². The minimum atomic E-state index is 0.154. The van der Waals surface area contributed by atoms with Gasteiger partial charge in [-0.05, 0) is 26.2 Å². The van der Waals surface area contributed by atoms with Gasteiger partial charge in [-0.1, -0.05) is 12.8 Å². The molecule has 0 heteroatoms. The Morgan fingerprint density at radius 2 is 2.11 bits per heavy atom. The average Bonchev–Trinajstić information content (AvgIpc) is 2.50. The average molecular weight is 122 g/mol. The molecule has 1 fully saturated rings. The van der Waals surface area contributed by atoms with Crippen molar-refractivity contribution < 1.29 is 0 Å². The van der Waals surface area contributed by atoms with E-state index in [1.165, 1.54) is 19.3 Å².